The summed E-state index contributed by atoms with van der Waals surface area (Å²) >= 11 is 0. The molecule has 12 aromatic rings. The van der Waals surface area contributed by atoms with Gasteiger partial charge in [0.05, 0.1) is 16.7 Å². The number of benzene rings is 11. The Hall–Kier alpha value is -8.20. The maximum absolute atomic E-state index is 2.47. The monoisotopic (exact) mass is 788 g/mol. The second-order valence-corrected chi connectivity index (χ2v) is 16.1. The molecule has 0 fully saturated rings. The molecule has 0 bridgehead atoms. The maximum Gasteiger partial charge on any atom is 0.0562 e. The van der Waals surface area contributed by atoms with Crippen LogP contribution < -0.4 is 4.90 Å². The molecular formula is C60H40N2. The Labute approximate surface area is 360 Å². The van der Waals surface area contributed by atoms with E-state index in [1.54, 1.807) is 0 Å². The third kappa shape index (κ3) is 5.88. The molecule has 290 valence electrons. The fraction of sp³-hybridized carbons (Fsp3) is 0. The fourth-order valence-electron chi connectivity index (χ4n) is 9.77. The van der Waals surface area contributed by atoms with Gasteiger partial charge in [-0.05, 0) is 120 Å². The number of anilines is 3. The lowest BCUT2D eigenvalue weighted by Gasteiger charge is -2.28. The fourth-order valence-corrected chi connectivity index (χ4v) is 9.77. The van der Waals surface area contributed by atoms with Crippen LogP contribution in [0.4, 0.5) is 17.1 Å². The van der Waals surface area contributed by atoms with E-state index in [2.05, 4.69) is 252 Å². The van der Waals surface area contributed by atoms with Crippen molar-refractivity contribution in [2.45, 2.75) is 0 Å². The summed E-state index contributed by atoms with van der Waals surface area (Å²) in [6, 6.07) is 88.6. The summed E-state index contributed by atoms with van der Waals surface area (Å²) in [5.41, 5.74) is 14.0. The predicted molar refractivity (Wildman–Crippen MR) is 264 cm³/mol. The minimum Gasteiger partial charge on any atom is -0.310 e. The van der Waals surface area contributed by atoms with E-state index in [9.17, 15) is 0 Å². The Kier molecular flexibility index (Phi) is 8.53. The summed E-state index contributed by atoms with van der Waals surface area (Å²) in [7, 11) is 0. The minimum atomic E-state index is 1.09. The lowest BCUT2D eigenvalue weighted by molar-refractivity contribution is 1.18. The van der Waals surface area contributed by atoms with Crippen LogP contribution in [-0.2, 0) is 0 Å². The molecule has 0 saturated heterocycles. The molecule has 0 amide bonds. The van der Waals surface area contributed by atoms with Crippen molar-refractivity contribution >= 4 is 71.2 Å². The summed E-state index contributed by atoms with van der Waals surface area (Å²) in [6.07, 6.45) is 0. The highest BCUT2D eigenvalue weighted by Gasteiger charge is 2.24. The van der Waals surface area contributed by atoms with Crippen LogP contribution in [0.2, 0.25) is 0 Å². The van der Waals surface area contributed by atoms with Gasteiger partial charge in [-0.3, -0.25) is 0 Å². The molecule has 0 aliphatic heterocycles. The van der Waals surface area contributed by atoms with Crippen molar-refractivity contribution in [2.75, 3.05) is 4.90 Å². The Morgan fingerprint density at radius 1 is 0.290 bits per heavy atom. The third-order valence-electron chi connectivity index (χ3n) is 12.5. The Bertz CT molecular complexity index is 3610. The molecule has 2 nitrogen and oxygen atoms in total. The molecule has 0 radical (unpaired) electrons. The molecule has 11 aromatic carbocycles. The molecular weight excluding hydrogens is 749 g/mol. The van der Waals surface area contributed by atoms with Gasteiger partial charge in [0.25, 0.3) is 0 Å². The van der Waals surface area contributed by atoms with Gasteiger partial charge >= 0.3 is 0 Å². The molecule has 0 spiro atoms. The third-order valence-corrected chi connectivity index (χ3v) is 12.5. The Balaban J connectivity index is 1.16. The van der Waals surface area contributed by atoms with Crippen molar-refractivity contribution in [3.8, 4) is 39.1 Å². The summed E-state index contributed by atoms with van der Waals surface area (Å²) in [5.74, 6) is 0. The molecule has 1 aromatic heterocycles. The molecule has 0 atom stereocenters. The van der Waals surface area contributed by atoms with E-state index < -0.39 is 0 Å². The number of fused-ring (bicyclic) bond motifs is 7. The van der Waals surface area contributed by atoms with Gasteiger partial charge in [0.2, 0.25) is 0 Å². The summed E-state index contributed by atoms with van der Waals surface area (Å²) in [5, 5.41) is 9.80. The molecule has 0 saturated carbocycles. The first-order chi connectivity index (χ1) is 30.8. The van der Waals surface area contributed by atoms with Crippen LogP contribution in [0.1, 0.15) is 0 Å². The minimum absolute atomic E-state index is 1.09. The van der Waals surface area contributed by atoms with Crippen LogP contribution in [-0.4, -0.2) is 4.57 Å². The van der Waals surface area contributed by atoms with Crippen molar-refractivity contribution in [3.05, 3.63) is 243 Å². The van der Waals surface area contributed by atoms with Crippen molar-refractivity contribution in [3.63, 3.8) is 0 Å². The van der Waals surface area contributed by atoms with Gasteiger partial charge in [0, 0.05) is 27.8 Å². The van der Waals surface area contributed by atoms with Crippen molar-refractivity contribution in [1.29, 1.82) is 0 Å². The van der Waals surface area contributed by atoms with E-state index in [1.165, 1.54) is 82.0 Å². The van der Waals surface area contributed by atoms with Crippen LogP contribution in [0.3, 0.4) is 0 Å². The largest absolute Gasteiger partial charge is 0.310 e. The van der Waals surface area contributed by atoms with Gasteiger partial charge in [-0.1, -0.05) is 188 Å². The van der Waals surface area contributed by atoms with Crippen LogP contribution in [0.5, 0.6) is 0 Å². The number of hydrogen-bond donors (Lipinski definition) is 0. The van der Waals surface area contributed by atoms with Crippen LogP contribution in [0.25, 0.3) is 93.2 Å². The predicted octanol–water partition coefficient (Wildman–Crippen LogP) is 16.7. The van der Waals surface area contributed by atoms with Gasteiger partial charge < -0.3 is 9.47 Å². The average Bonchev–Trinajstić information content (AvgIpc) is 3.69. The number of para-hydroxylation sites is 1. The van der Waals surface area contributed by atoms with E-state index in [-0.39, 0.29) is 0 Å². The summed E-state index contributed by atoms with van der Waals surface area (Å²) < 4.78 is 2.43. The topological polar surface area (TPSA) is 8.17 Å². The van der Waals surface area contributed by atoms with E-state index in [0.29, 0.717) is 0 Å². The molecule has 12 rings (SSSR count). The lowest BCUT2D eigenvalue weighted by Crippen LogP contribution is -2.10. The van der Waals surface area contributed by atoms with E-state index >= 15 is 0 Å². The van der Waals surface area contributed by atoms with E-state index in [0.717, 1.165) is 28.3 Å². The summed E-state index contributed by atoms with van der Waals surface area (Å²) in [4.78, 5) is 2.47. The second kappa shape index (κ2) is 14.8. The highest BCUT2D eigenvalue weighted by atomic mass is 15.1. The average molecular weight is 789 g/mol. The molecule has 0 unspecified atom stereocenters. The van der Waals surface area contributed by atoms with Gasteiger partial charge in [0.15, 0.2) is 0 Å². The quantitative estimate of drug-likeness (QED) is 0.146. The molecule has 0 aliphatic rings. The zero-order chi connectivity index (χ0) is 41.0. The first-order valence-corrected chi connectivity index (χ1v) is 21.3. The molecule has 2 heteroatoms. The normalized spacial score (nSPS) is 11.5. The number of rotatable bonds is 7. The van der Waals surface area contributed by atoms with Crippen molar-refractivity contribution < 1.29 is 0 Å². The maximum atomic E-state index is 2.47. The van der Waals surface area contributed by atoms with E-state index in [4.69, 9.17) is 0 Å². The summed E-state index contributed by atoms with van der Waals surface area (Å²) in [6.45, 7) is 0. The number of aromatic nitrogens is 1. The zero-order valence-electron chi connectivity index (χ0n) is 34.0. The SMILES string of the molecule is c1ccc(-c2ccc(N(c3ccc4c(c3)c(-c3ccccc3)c(-c3ccccc3)c3ccccc34)c3cccc4c3c3ccccc3n4-c3ccc4ccccc4c3)cc2)cc1. The molecule has 0 N–H and O–H groups in total. The van der Waals surface area contributed by atoms with Crippen LogP contribution >= 0.6 is 0 Å². The number of nitrogens with zero attached hydrogens (tertiary/aromatic N) is 2. The standard InChI is InChI=1S/C60H40N2/c1-4-17-41(18-5-1)43-31-34-47(35-32-43)61(56-29-16-30-57-60(56)53-27-14-15-28-55(53)62(57)48-36-33-42-19-10-11-24-46(42)39-48)49-37-38-51-50-25-12-13-26-52(50)58(44-20-6-2-7-21-44)59(54(51)40-49)45-22-8-3-9-23-45/h1-40H. The van der Waals surface area contributed by atoms with Gasteiger partial charge in [0.1, 0.15) is 0 Å². The van der Waals surface area contributed by atoms with Crippen molar-refractivity contribution in [2.24, 2.45) is 0 Å². The van der Waals surface area contributed by atoms with Gasteiger partial charge in [-0.25, -0.2) is 0 Å². The Morgan fingerprint density at radius 2 is 0.823 bits per heavy atom. The van der Waals surface area contributed by atoms with Crippen molar-refractivity contribution in [1.82, 2.24) is 4.57 Å². The van der Waals surface area contributed by atoms with Crippen LogP contribution in [0.15, 0.2) is 243 Å². The molecule has 0 aliphatic carbocycles. The smallest absolute Gasteiger partial charge is 0.0562 e. The zero-order valence-corrected chi connectivity index (χ0v) is 34.0. The van der Waals surface area contributed by atoms with E-state index in [1.807, 2.05) is 0 Å². The second-order valence-electron chi connectivity index (χ2n) is 16.1. The Morgan fingerprint density at radius 3 is 1.55 bits per heavy atom. The van der Waals surface area contributed by atoms with Gasteiger partial charge in [-0.15, -0.1) is 0 Å². The molecule has 62 heavy (non-hydrogen) atoms. The highest BCUT2D eigenvalue weighted by molar-refractivity contribution is 6.23. The molecule has 1 heterocycles. The van der Waals surface area contributed by atoms with Crippen LogP contribution in [0, 0.1) is 0 Å². The lowest BCUT2D eigenvalue weighted by atomic mass is 9.85. The highest BCUT2D eigenvalue weighted by Crippen LogP contribution is 2.49. The first-order valence-electron chi connectivity index (χ1n) is 21.3. The first kappa shape index (κ1) is 35.7. The van der Waals surface area contributed by atoms with Gasteiger partial charge in [-0.2, -0.15) is 0 Å². The number of hydrogen-bond acceptors (Lipinski definition) is 1.